The lowest BCUT2D eigenvalue weighted by Gasteiger charge is -2.37. The molecule has 1 aliphatic heterocycles. The molecule has 0 radical (unpaired) electrons. The summed E-state index contributed by atoms with van der Waals surface area (Å²) in [4.78, 5) is 41.6. The summed E-state index contributed by atoms with van der Waals surface area (Å²) in [5, 5.41) is 0. The molecular formula is C29H33NO5. The average molecular weight is 476 g/mol. The fourth-order valence-electron chi connectivity index (χ4n) is 5.37. The van der Waals surface area contributed by atoms with Crippen molar-refractivity contribution in [3.63, 3.8) is 0 Å². The Morgan fingerprint density at radius 3 is 2.26 bits per heavy atom. The molecule has 35 heavy (non-hydrogen) atoms. The second-order valence-corrected chi connectivity index (χ2v) is 9.77. The van der Waals surface area contributed by atoms with Crippen molar-refractivity contribution in [1.82, 2.24) is 4.90 Å². The second-order valence-electron chi connectivity index (χ2n) is 9.77. The number of carbonyl (C=O) groups excluding carboxylic acids is 3. The molecule has 1 heterocycles. The standard InChI is InChI=1S/C29H33NO5/c1-21(2)17-25(26(31)30-24(20-35-28(30)33)18-22-11-5-3-6-12-22)29(15-9-10-16-29)27(32)34-19-23-13-7-4-8-14-23/h3-8,11-14,24-25H,1,9-10,15-20H2,2H3. The maximum Gasteiger partial charge on any atom is 0.416 e. The largest absolute Gasteiger partial charge is 0.460 e. The first-order valence-electron chi connectivity index (χ1n) is 12.3. The van der Waals surface area contributed by atoms with Crippen molar-refractivity contribution in [3.8, 4) is 0 Å². The molecule has 2 atom stereocenters. The third-order valence-corrected chi connectivity index (χ3v) is 7.15. The molecule has 6 heteroatoms. The van der Waals surface area contributed by atoms with Crippen molar-refractivity contribution in [3.05, 3.63) is 83.9 Å². The highest BCUT2D eigenvalue weighted by atomic mass is 16.6. The van der Waals surface area contributed by atoms with Crippen LogP contribution in [0.4, 0.5) is 4.79 Å². The van der Waals surface area contributed by atoms with E-state index in [0.29, 0.717) is 25.7 Å². The van der Waals surface area contributed by atoms with E-state index in [-0.39, 0.29) is 25.1 Å². The summed E-state index contributed by atoms with van der Waals surface area (Å²) in [6, 6.07) is 18.8. The van der Waals surface area contributed by atoms with Gasteiger partial charge in [-0.1, -0.05) is 79.1 Å². The monoisotopic (exact) mass is 475 g/mol. The minimum Gasteiger partial charge on any atom is -0.460 e. The van der Waals surface area contributed by atoms with Crippen LogP contribution in [0, 0.1) is 11.3 Å². The Hall–Kier alpha value is -3.41. The summed E-state index contributed by atoms with van der Waals surface area (Å²) in [6.45, 7) is 6.17. The second kappa shape index (κ2) is 10.9. The highest BCUT2D eigenvalue weighted by molar-refractivity contribution is 5.98. The number of benzene rings is 2. The topological polar surface area (TPSA) is 72.9 Å². The minimum atomic E-state index is -0.981. The van der Waals surface area contributed by atoms with Gasteiger partial charge in [-0.3, -0.25) is 9.59 Å². The van der Waals surface area contributed by atoms with E-state index in [1.807, 2.05) is 67.6 Å². The molecule has 2 amide bonds. The summed E-state index contributed by atoms with van der Waals surface area (Å²) in [7, 11) is 0. The molecule has 1 aliphatic carbocycles. The van der Waals surface area contributed by atoms with Crippen molar-refractivity contribution in [2.24, 2.45) is 11.3 Å². The first-order chi connectivity index (χ1) is 16.9. The van der Waals surface area contributed by atoms with Crippen LogP contribution in [0.5, 0.6) is 0 Å². The molecule has 0 bridgehead atoms. The highest BCUT2D eigenvalue weighted by Gasteiger charge is 2.54. The van der Waals surface area contributed by atoms with Gasteiger partial charge in [-0.2, -0.15) is 0 Å². The van der Waals surface area contributed by atoms with E-state index in [4.69, 9.17) is 9.47 Å². The van der Waals surface area contributed by atoms with Crippen LogP contribution in [0.3, 0.4) is 0 Å². The Bertz CT molecular complexity index is 1060. The van der Waals surface area contributed by atoms with Crippen LogP contribution in [0.2, 0.25) is 0 Å². The van der Waals surface area contributed by atoms with Gasteiger partial charge in [0.15, 0.2) is 0 Å². The molecule has 2 aromatic carbocycles. The van der Waals surface area contributed by atoms with Gasteiger partial charge in [-0.15, -0.1) is 6.58 Å². The molecule has 1 saturated heterocycles. The maximum absolute atomic E-state index is 14.0. The minimum absolute atomic E-state index is 0.144. The predicted molar refractivity (Wildman–Crippen MR) is 132 cm³/mol. The van der Waals surface area contributed by atoms with E-state index in [2.05, 4.69) is 6.58 Å². The zero-order valence-corrected chi connectivity index (χ0v) is 20.3. The van der Waals surface area contributed by atoms with Crippen molar-refractivity contribution in [2.45, 2.75) is 58.1 Å². The zero-order chi connectivity index (χ0) is 24.8. The lowest BCUT2D eigenvalue weighted by Crippen LogP contribution is -2.50. The lowest BCUT2D eigenvalue weighted by atomic mass is 9.70. The Kier molecular flexibility index (Phi) is 7.69. The molecule has 2 aliphatic rings. The number of hydrogen-bond donors (Lipinski definition) is 0. The van der Waals surface area contributed by atoms with Crippen LogP contribution in [-0.4, -0.2) is 35.5 Å². The van der Waals surface area contributed by atoms with Crippen molar-refractivity contribution < 1.29 is 23.9 Å². The number of amides is 2. The third kappa shape index (κ3) is 5.47. The van der Waals surface area contributed by atoms with Crippen LogP contribution in [0.15, 0.2) is 72.8 Å². The fourth-order valence-corrected chi connectivity index (χ4v) is 5.37. The summed E-state index contributed by atoms with van der Waals surface area (Å²) < 4.78 is 11.1. The summed E-state index contributed by atoms with van der Waals surface area (Å²) in [6.07, 6.45) is 2.95. The normalized spacial score (nSPS) is 19.7. The maximum atomic E-state index is 14.0. The molecule has 184 valence electrons. The van der Waals surface area contributed by atoms with Gasteiger partial charge in [0.2, 0.25) is 5.91 Å². The number of ether oxygens (including phenoxy) is 2. The number of nitrogens with zero attached hydrogens (tertiary/aromatic N) is 1. The van der Waals surface area contributed by atoms with E-state index in [1.165, 1.54) is 4.90 Å². The van der Waals surface area contributed by atoms with Gasteiger partial charge in [0.25, 0.3) is 0 Å². The Balaban J connectivity index is 1.60. The van der Waals surface area contributed by atoms with Crippen molar-refractivity contribution >= 4 is 18.0 Å². The number of esters is 1. The van der Waals surface area contributed by atoms with Gasteiger partial charge < -0.3 is 9.47 Å². The van der Waals surface area contributed by atoms with Crippen LogP contribution >= 0.6 is 0 Å². The summed E-state index contributed by atoms with van der Waals surface area (Å²) in [5.41, 5.74) is 1.72. The predicted octanol–water partition coefficient (Wildman–Crippen LogP) is 5.46. The number of carbonyl (C=O) groups is 3. The quantitative estimate of drug-likeness (QED) is 0.356. The molecule has 1 saturated carbocycles. The summed E-state index contributed by atoms with van der Waals surface area (Å²) in [5.74, 6) is -1.46. The smallest absolute Gasteiger partial charge is 0.416 e. The van der Waals surface area contributed by atoms with E-state index in [9.17, 15) is 14.4 Å². The Morgan fingerprint density at radius 2 is 1.66 bits per heavy atom. The van der Waals surface area contributed by atoms with Gasteiger partial charge in [-0.05, 0) is 43.7 Å². The van der Waals surface area contributed by atoms with Gasteiger partial charge in [0, 0.05) is 0 Å². The first kappa shape index (κ1) is 24.7. The number of allylic oxidation sites excluding steroid dienone is 1. The molecule has 0 N–H and O–H groups in total. The molecule has 0 aromatic heterocycles. The average Bonchev–Trinajstić information content (AvgIpc) is 3.50. The molecular weight excluding hydrogens is 442 g/mol. The van der Waals surface area contributed by atoms with Crippen LogP contribution in [-0.2, 0) is 32.1 Å². The van der Waals surface area contributed by atoms with Crippen LogP contribution in [0.1, 0.15) is 50.2 Å². The zero-order valence-electron chi connectivity index (χ0n) is 20.3. The van der Waals surface area contributed by atoms with Crippen LogP contribution < -0.4 is 0 Å². The van der Waals surface area contributed by atoms with E-state index in [1.54, 1.807) is 0 Å². The first-order valence-corrected chi connectivity index (χ1v) is 12.3. The van der Waals surface area contributed by atoms with E-state index < -0.39 is 23.5 Å². The SMILES string of the molecule is C=C(C)CC(C(=O)N1C(=O)OCC1Cc1ccccc1)C1(C(=O)OCc2ccccc2)CCCC1. The number of hydrogen-bond acceptors (Lipinski definition) is 5. The van der Waals surface area contributed by atoms with E-state index in [0.717, 1.165) is 29.5 Å². The molecule has 2 aromatic rings. The fraction of sp³-hybridized carbons (Fsp3) is 0.414. The molecule has 0 spiro atoms. The van der Waals surface area contributed by atoms with Crippen LogP contribution in [0.25, 0.3) is 0 Å². The Labute approximate surface area is 206 Å². The number of rotatable bonds is 9. The van der Waals surface area contributed by atoms with Crippen molar-refractivity contribution in [2.75, 3.05) is 6.61 Å². The Morgan fingerprint density at radius 1 is 1.06 bits per heavy atom. The highest BCUT2D eigenvalue weighted by Crippen LogP contribution is 2.49. The number of cyclic esters (lactones) is 1. The molecule has 6 nitrogen and oxygen atoms in total. The van der Waals surface area contributed by atoms with Gasteiger partial charge in [0.05, 0.1) is 17.4 Å². The van der Waals surface area contributed by atoms with Gasteiger partial charge >= 0.3 is 12.1 Å². The van der Waals surface area contributed by atoms with Gasteiger partial charge in [0.1, 0.15) is 13.2 Å². The molecule has 4 rings (SSSR count). The third-order valence-electron chi connectivity index (χ3n) is 7.15. The van der Waals surface area contributed by atoms with Gasteiger partial charge in [-0.25, -0.2) is 9.69 Å². The van der Waals surface area contributed by atoms with E-state index >= 15 is 0 Å². The van der Waals surface area contributed by atoms with Crippen molar-refractivity contribution in [1.29, 1.82) is 0 Å². The summed E-state index contributed by atoms with van der Waals surface area (Å²) >= 11 is 0. The molecule has 2 fully saturated rings. The molecule has 2 unspecified atom stereocenters. The lowest BCUT2D eigenvalue weighted by molar-refractivity contribution is -0.165. The number of imide groups is 1.